The molecule has 2 unspecified atom stereocenters. The summed E-state index contributed by atoms with van der Waals surface area (Å²) in [6.07, 6.45) is 0. The fourth-order valence-electron chi connectivity index (χ4n) is 3.06. The fourth-order valence-corrected chi connectivity index (χ4v) is 3.06. The zero-order valence-corrected chi connectivity index (χ0v) is 13.8. The summed E-state index contributed by atoms with van der Waals surface area (Å²) in [6.45, 7) is 9.23. The van der Waals surface area contributed by atoms with Gasteiger partial charge in [0.15, 0.2) is 0 Å². The zero-order valence-electron chi connectivity index (χ0n) is 13.8. The highest BCUT2D eigenvalue weighted by Gasteiger charge is 2.30. The monoisotopic (exact) mass is 291 g/mol. The number of nitrogens with one attached hydrogen (secondary N) is 1. The predicted molar refractivity (Wildman–Crippen MR) is 87.9 cm³/mol. The summed E-state index contributed by atoms with van der Waals surface area (Å²) in [5, 5.41) is 3.67. The molecule has 1 saturated heterocycles. The van der Waals surface area contributed by atoms with Gasteiger partial charge in [0, 0.05) is 31.7 Å². The number of nitrogens with zero attached hydrogens (tertiary/aromatic N) is 2. The van der Waals surface area contributed by atoms with Gasteiger partial charge in [0.25, 0.3) is 0 Å². The third kappa shape index (κ3) is 4.19. The van der Waals surface area contributed by atoms with E-state index in [1.54, 1.807) is 0 Å². The summed E-state index contributed by atoms with van der Waals surface area (Å²) >= 11 is 0. The molecule has 21 heavy (non-hydrogen) atoms. The van der Waals surface area contributed by atoms with Crippen LogP contribution in [0.1, 0.15) is 25.5 Å². The Balaban J connectivity index is 2.22. The average molecular weight is 291 g/mol. The van der Waals surface area contributed by atoms with Crippen LogP contribution in [0, 0.1) is 0 Å². The molecule has 1 aromatic rings. The van der Waals surface area contributed by atoms with Crippen LogP contribution in [0.5, 0.6) is 5.75 Å². The third-order valence-corrected chi connectivity index (χ3v) is 4.24. The van der Waals surface area contributed by atoms with Gasteiger partial charge in [0.05, 0.1) is 6.61 Å². The Kier molecular flexibility index (Phi) is 6.03. The average Bonchev–Trinajstić information content (AvgIpc) is 2.48. The van der Waals surface area contributed by atoms with Crippen LogP contribution in [0.2, 0.25) is 0 Å². The van der Waals surface area contributed by atoms with Crippen molar-refractivity contribution < 1.29 is 4.74 Å². The van der Waals surface area contributed by atoms with Gasteiger partial charge in [-0.05, 0) is 45.3 Å². The van der Waals surface area contributed by atoms with E-state index >= 15 is 0 Å². The SMILES string of the molecule is CCNC(c1cccc(OCC)c1)C1CN(C)CCN1C. The molecule has 1 N–H and O–H groups in total. The topological polar surface area (TPSA) is 27.7 Å². The molecule has 0 saturated carbocycles. The van der Waals surface area contributed by atoms with Crippen LogP contribution in [-0.4, -0.2) is 62.7 Å². The van der Waals surface area contributed by atoms with Crippen LogP contribution in [0.4, 0.5) is 0 Å². The summed E-state index contributed by atoms with van der Waals surface area (Å²) in [6, 6.07) is 9.34. The van der Waals surface area contributed by atoms with Crippen molar-refractivity contribution in [1.29, 1.82) is 0 Å². The lowest BCUT2D eigenvalue weighted by Crippen LogP contribution is -2.55. The molecule has 0 amide bonds. The Morgan fingerprint density at radius 3 is 2.81 bits per heavy atom. The van der Waals surface area contributed by atoms with E-state index in [0.29, 0.717) is 18.7 Å². The van der Waals surface area contributed by atoms with Gasteiger partial charge in [0.1, 0.15) is 5.75 Å². The number of rotatable bonds is 6. The number of piperazine rings is 1. The van der Waals surface area contributed by atoms with Gasteiger partial charge >= 0.3 is 0 Å². The van der Waals surface area contributed by atoms with E-state index < -0.39 is 0 Å². The molecular weight excluding hydrogens is 262 g/mol. The van der Waals surface area contributed by atoms with E-state index in [0.717, 1.165) is 31.9 Å². The normalized spacial score (nSPS) is 22.2. The standard InChI is InChI=1S/C17H29N3O/c1-5-18-17(16-13-19(3)10-11-20(16)4)14-8-7-9-15(12-14)21-6-2/h7-9,12,16-18H,5-6,10-11,13H2,1-4H3. The number of ether oxygens (including phenoxy) is 1. The van der Waals surface area contributed by atoms with Gasteiger partial charge in [-0.15, -0.1) is 0 Å². The number of hydrogen-bond donors (Lipinski definition) is 1. The fraction of sp³-hybridized carbons (Fsp3) is 0.647. The first kappa shape index (κ1) is 16.3. The molecule has 2 rings (SSSR count). The van der Waals surface area contributed by atoms with Crippen molar-refractivity contribution in [2.75, 3.05) is 46.9 Å². The predicted octanol–water partition coefficient (Wildman–Crippen LogP) is 1.98. The van der Waals surface area contributed by atoms with E-state index in [-0.39, 0.29) is 0 Å². The molecule has 1 fully saturated rings. The van der Waals surface area contributed by atoms with E-state index in [9.17, 15) is 0 Å². The minimum absolute atomic E-state index is 0.336. The van der Waals surface area contributed by atoms with Gasteiger partial charge in [-0.2, -0.15) is 0 Å². The van der Waals surface area contributed by atoms with Crippen LogP contribution in [0.3, 0.4) is 0 Å². The van der Waals surface area contributed by atoms with E-state index in [4.69, 9.17) is 4.74 Å². The molecule has 1 aliphatic heterocycles. The number of hydrogen-bond acceptors (Lipinski definition) is 4. The maximum atomic E-state index is 5.66. The van der Waals surface area contributed by atoms with E-state index in [1.165, 1.54) is 5.56 Å². The Hall–Kier alpha value is -1.10. The van der Waals surface area contributed by atoms with Crippen molar-refractivity contribution in [1.82, 2.24) is 15.1 Å². The van der Waals surface area contributed by atoms with Gasteiger partial charge in [-0.3, -0.25) is 4.90 Å². The van der Waals surface area contributed by atoms with Crippen LogP contribution in [0.15, 0.2) is 24.3 Å². The molecule has 4 heteroatoms. The van der Waals surface area contributed by atoms with E-state index in [2.05, 4.69) is 54.3 Å². The van der Waals surface area contributed by atoms with Crippen molar-refractivity contribution in [2.45, 2.75) is 25.9 Å². The second-order valence-corrected chi connectivity index (χ2v) is 5.85. The highest BCUT2D eigenvalue weighted by Crippen LogP contribution is 2.26. The molecule has 1 aliphatic rings. The smallest absolute Gasteiger partial charge is 0.119 e. The van der Waals surface area contributed by atoms with Crippen LogP contribution in [0.25, 0.3) is 0 Å². The molecule has 0 aromatic heterocycles. The molecular formula is C17H29N3O. The quantitative estimate of drug-likeness (QED) is 0.867. The second kappa shape index (κ2) is 7.78. The first-order valence-corrected chi connectivity index (χ1v) is 8.00. The maximum absolute atomic E-state index is 5.66. The second-order valence-electron chi connectivity index (χ2n) is 5.85. The minimum Gasteiger partial charge on any atom is -0.494 e. The Bertz CT molecular complexity index is 438. The summed E-state index contributed by atoms with van der Waals surface area (Å²) in [5.41, 5.74) is 1.31. The molecule has 0 radical (unpaired) electrons. The number of benzene rings is 1. The summed E-state index contributed by atoms with van der Waals surface area (Å²) in [5.74, 6) is 0.963. The first-order valence-electron chi connectivity index (χ1n) is 8.00. The van der Waals surface area contributed by atoms with E-state index in [1.807, 2.05) is 13.0 Å². The zero-order chi connectivity index (χ0) is 15.2. The minimum atomic E-state index is 0.336. The molecule has 118 valence electrons. The maximum Gasteiger partial charge on any atom is 0.119 e. The highest BCUT2D eigenvalue weighted by molar-refractivity contribution is 5.31. The Morgan fingerprint density at radius 1 is 1.29 bits per heavy atom. The summed E-state index contributed by atoms with van der Waals surface area (Å²) in [4.78, 5) is 4.89. The van der Waals surface area contributed by atoms with Crippen molar-refractivity contribution in [3.8, 4) is 5.75 Å². The lowest BCUT2D eigenvalue weighted by atomic mass is 9.96. The van der Waals surface area contributed by atoms with Crippen molar-refractivity contribution >= 4 is 0 Å². The van der Waals surface area contributed by atoms with Gasteiger partial charge in [0.2, 0.25) is 0 Å². The molecule has 0 spiro atoms. The largest absolute Gasteiger partial charge is 0.494 e. The Labute approximate surface area is 129 Å². The summed E-state index contributed by atoms with van der Waals surface area (Å²) < 4.78 is 5.66. The van der Waals surface area contributed by atoms with Crippen molar-refractivity contribution in [3.63, 3.8) is 0 Å². The molecule has 4 nitrogen and oxygen atoms in total. The highest BCUT2D eigenvalue weighted by atomic mass is 16.5. The number of likely N-dealkylation sites (N-methyl/N-ethyl adjacent to an activating group) is 3. The van der Waals surface area contributed by atoms with Gasteiger partial charge in [-0.25, -0.2) is 0 Å². The summed E-state index contributed by atoms with van der Waals surface area (Å²) in [7, 11) is 4.44. The lowest BCUT2D eigenvalue weighted by Gasteiger charge is -2.42. The van der Waals surface area contributed by atoms with Gasteiger partial charge in [-0.1, -0.05) is 19.1 Å². The molecule has 0 bridgehead atoms. The third-order valence-electron chi connectivity index (χ3n) is 4.24. The van der Waals surface area contributed by atoms with Crippen LogP contribution in [-0.2, 0) is 0 Å². The van der Waals surface area contributed by atoms with Crippen LogP contribution < -0.4 is 10.1 Å². The molecule has 0 aliphatic carbocycles. The van der Waals surface area contributed by atoms with Crippen LogP contribution >= 0.6 is 0 Å². The lowest BCUT2D eigenvalue weighted by molar-refractivity contribution is 0.0880. The molecule has 1 aromatic carbocycles. The first-order chi connectivity index (χ1) is 10.2. The van der Waals surface area contributed by atoms with Crippen molar-refractivity contribution in [3.05, 3.63) is 29.8 Å². The molecule has 1 heterocycles. The van der Waals surface area contributed by atoms with Crippen molar-refractivity contribution in [2.24, 2.45) is 0 Å². The Morgan fingerprint density at radius 2 is 2.10 bits per heavy atom. The van der Waals surface area contributed by atoms with Gasteiger partial charge < -0.3 is 15.0 Å². The molecule has 2 atom stereocenters.